The number of ketones is 1. The van der Waals surface area contributed by atoms with Crippen molar-refractivity contribution < 1.29 is 9.90 Å². The normalized spacial score (nSPS) is 41.3. The number of rotatable bonds is 0. The van der Waals surface area contributed by atoms with Crippen LogP contribution in [0.5, 0.6) is 5.75 Å². The average Bonchev–Trinajstić information content (AvgIpc) is 2.75. The molecule has 0 aliphatic heterocycles. The highest BCUT2D eigenvalue weighted by Crippen LogP contribution is 2.65. The minimum atomic E-state index is -0.0698. The summed E-state index contributed by atoms with van der Waals surface area (Å²) in [5.41, 5.74) is 2.94. The Morgan fingerprint density at radius 1 is 1.14 bits per heavy atom. The molecule has 4 rings (SSSR count). The van der Waals surface area contributed by atoms with Crippen molar-refractivity contribution in [3.8, 4) is 5.75 Å². The van der Waals surface area contributed by atoms with Gasteiger partial charge in [0.2, 0.25) is 0 Å². The van der Waals surface area contributed by atoms with Crippen molar-refractivity contribution >= 4 is 5.78 Å². The summed E-state index contributed by atoms with van der Waals surface area (Å²) < 4.78 is 0. The quantitative estimate of drug-likeness (QED) is 0.775. The lowest BCUT2D eigenvalue weighted by atomic mass is 9.48. The number of fused-ring (bicyclic) bond motifs is 5. The minimum absolute atomic E-state index is 0.0698. The summed E-state index contributed by atoms with van der Waals surface area (Å²) in [6.45, 7) is 4.65. The van der Waals surface area contributed by atoms with Crippen LogP contribution in [0.4, 0.5) is 0 Å². The van der Waals surface area contributed by atoms with Crippen molar-refractivity contribution in [1.29, 1.82) is 0 Å². The summed E-state index contributed by atoms with van der Waals surface area (Å²) in [5, 5.41) is 9.73. The van der Waals surface area contributed by atoms with Crippen molar-refractivity contribution in [2.45, 2.75) is 58.3 Å². The van der Waals surface area contributed by atoms with Gasteiger partial charge in [0, 0.05) is 11.8 Å². The van der Waals surface area contributed by atoms with Gasteiger partial charge in [-0.1, -0.05) is 19.9 Å². The van der Waals surface area contributed by atoms with Crippen LogP contribution in [-0.4, -0.2) is 10.9 Å². The average molecular weight is 284 g/mol. The van der Waals surface area contributed by atoms with Crippen LogP contribution < -0.4 is 0 Å². The number of Topliss-reactive ketones (excluding diaryl/α,β-unsaturated/α-hetero) is 1. The van der Waals surface area contributed by atoms with E-state index in [2.05, 4.69) is 19.9 Å². The molecular formula is C19H24O2. The van der Waals surface area contributed by atoms with E-state index in [9.17, 15) is 9.90 Å². The fourth-order valence-electron chi connectivity index (χ4n) is 5.87. The topological polar surface area (TPSA) is 37.3 Å². The molecule has 0 heterocycles. The predicted molar refractivity (Wildman–Crippen MR) is 82.3 cm³/mol. The molecular weight excluding hydrogens is 260 g/mol. The van der Waals surface area contributed by atoms with Gasteiger partial charge in [-0.25, -0.2) is 0 Å². The smallest absolute Gasteiger partial charge is 0.139 e. The van der Waals surface area contributed by atoms with Gasteiger partial charge in [-0.05, 0) is 72.6 Å². The van der Waals surface area contributed by atoms with E-state index in [1.54, 1.807) is 0 Å². The predicted octanol–water partition coefficient (Wildman–Crippen LogP) is 4.21. The molecule has 0 aromatic heterocycles. The fraction of sp³-hybridized carbons (Fsp3) is 0.632. The van der Waals surface area contributed by atoms with Crippen molar-refractivity contribution in [2.75, 3.05) is 0 Å². The second-order valence-electron chi connectivity index (χ2n) is 7.91. The second-order valence-corrected chi connectivity index (χ2v) is 7.91. The van der Waals surface area contributed by atoms with Crippen molar-refractivity contribution in [3.63, 3.8) is 0 Å². The molecule has 0 bridgehead atoms. The molecule has 21 heavy (non-hydrogen) atoms. The molecule has 1 aromatic carbocycles. The first-order valence-corrected chi connectivity index (χ1v) is 8.30. The van der Waals surface area contributed by atoms with Gasteiger partial charge in [0.15, 0.2) is 0 Å². The Balaban J connectivity index is 1.80. The van der Waals surface area contributed by atoms with E-state index in [1.165, 1.54) is 11.1 Å². The molecule has 0 amide bonds. The van der Waals surface area contributed by atoms with Crippen LogP contribution in [0, 0.1) is 16.7 Å². The summed E-state index contributed by atoms with van der Waals surface area (Å²) >= 11 is 0. The number of benzene rings is 1. The van der Waals surface area contributed by atoms with Crippen LogP contribution in [0.3, 0.4) is 0 Å². The summed E-state index contributed by atoms with van der Waals surface area (Å²) in [7, 11) is 0. The third-order valence-corrected chi connectivity index (χ3v) is 7.05. The molecule has 2 nitrogen and oxygen atoms in total. The molecule has 3 aliphatic rings. The molecule has 0 spiro atoms. The Bertz CT molecular complexity index is 620. The van der Waals surface area contributed by atoms with E-state index in [0.717, 1.165) is 38.5 Å². The highest BCUT2D eigenvalue weighted by Gasteiger charge is 2.59. The number of phenols is 1. The number of hydrogen-bond donors (Lipinski definition) is 1. The van der Waals surface area contributed by atoms with Crippen LogP contribution in [0.15, 0.2) is 18.2 Å². The highest BCUT2D eigenvalue weighted by molar-refractivity contribution is 5.87. The zero-order valence-corrected chi connectivity index (χ0v) is 13.0. The van der Waals surface area contributed by atoms with E-state index in [4.69, 9.17) is 0 Å². The molecule has 3 aliphatic carbocycles. The summed E-state index contributed by atoms with van der Waals surface area (Å²) in [6, 6.07) is 5.91. The van der Waals surface area contributed by atoms with Crippen LogP contribution in [-0.2, 0) is 11.2 Å². The number of carbonyl (C=O) groups is 1. The number of aryl methyl sites for hydroxylation is 1. The first kappa shape index (κ1) is 13.4. The number of aromatic hydroxyl groups is 1. The Hall–Kier alpha value is -1.31. The summed E-state index contributed by atoms with van der Waals surface area (Å²) in [4.78, 5) is 12.4. The molecule has 0 radical (unpaired) electrons. The third kappa shape index (κ3) is 1.62. The molecule has 112 valence electrons. The molecule has 1 aromatic rings. The molecule has 4 atom stereocenters. The minimum Gasteiger partial charge on any atom is -0.508 e. The van der Waals surface area contributed by atoms with E-state index < -0.39 is 0 Å². The molecule has 2 heteroatoms. The van der Waals surface area contributed by atoms with Gasteiger partial charge >= 0.3 is 0 Å². The highest BCUT2D eigenvalue weighted by atomic mass is 16.3. The SMILES string of the molecule is C[C@@]12CCc3cc(O)ccc3[C@H]1CC[C@]1(C)C(=O)CC[C@@H]21. The molecule has 0 unspecified atom stereocenters. The number of phenolic OH excluding ortho intramolecular Hbond substituents is 1. The zero-order chi connectivity index (χ0) is 14.8. The maximum Gasteiger partial charge on any atom is 0.139 e. The van der Waals surface area contributed by atoms with Gasteiger partial charge in [0.25, 0.3) is 0 Å². The Morgan fingerprint density at radius 3 is 2.76 bits per heavy atom. The van der Waals surface area contributed by atoms with Gasteiger partial charge in [0.1, 0.15) is 11.5 Å². The van der Waals surface area contributed by atoms with Gasteiger partial charge in [0.05, 0.1) is 0 Å². The van der Waals surface area contributed by atoms with E-state index >= 15 is 0 Å². The third-order valence-electron chi connectivity index (χ3n) is 7.05. The van der Waals surface area contributed by atoms with Crippen LogP contribution in [0.25, 0.3) is 0 Å². The fourth-order valence-corrected chi connectivity index (χ4v) is 5.87. The van der Waals surface area contributed by atoms with Crippen LogP contribution in [0.1, 0.15) is 63.0 Å². The van der Waals surface area contributed by atoms with Crippen molar-refractivity contribution in [3.05, 3.63) is 29.3 Å². The van der Waals surface area contributed by atoms with Crippen molar-refractivity contribution in [2.24, 2.45) is 16.7 Å². The lowest BCUT2D eigenvalue weighted by Gasteiger charge is -2.55. The maximum absolute atomic E-state index is 12.4. The Kier molecular flexibility index (Phi) is 2.62. The largest absolute Gasteiger partial charge is 0.508 e. The van der Waals surface area contributed by atoms with Crippen molar-refractivity contribution in [1.82, 2.24) is 0 Å². The zero-order valence-electron chi connectivity index (χ0n) is 13.0. The van der Waals surface area contributed by atoms with E-state index in [0.29, 0.717) is 23.4 Å². The van der Waals surface area contributed by atoms with Gasteiger partial charge < -0.3 is 5.11 Å². The van der Waals surface area contributed by atoms with Gasteiger partial charge in [-0.3, -0.25) is 4.79 Å². The molecule has 1 N–H and O–H groups in total. The van der Waals surface area contributed by atoms with E-state index in [1.807, 2.05) is 12.1 Å². The summed E-state index contributed by atoms with van der Waals surface area (Å²) in [5.74, 6) is 1.99. The van der Waals surface area contributed by atoms with Gasteiger partial charge in [-0.15, -0.1) is 0 Å². The summed E-state index contributed by atoms with van der Waals surface area (Å²) in [6.07, 6.45) is 6.21. The van der Waals surface area contributed by atoms with Crippen LogP contribution in [0.2, 0.25) is 0 Å². The van der Waals surface area contributed by atoms with Gasteiger partial charge in [-0.2, -0.15) is 0 Å². The Labute approximate surface area is 126 Å². The number of carbonyl (C=O) groups excluding carboxylic acids is 1. The first-order valence-electron chi connectivity index (χ1n) is 8.30. The number of hydrogen-bond acceptors (Lipinski definition) is 2. The lowest BCUT2D eigenvalue weighted by molar-refractivity contribution is -0.132. The monoisotopic (exact) mass is 284 g/mol. The maximum atomic E-state index is 12.4. The molecule has 2 saturated carbocycles. The first-order chi connectivity index (χ1) is 9.95. The molecule has 2 fully saturated rings. The van der Waals surface area contributed by atoms with Crippen LogP contribution >= 0.6 is 0 Å². The lowest BCUT2D eigenvalue weighted by Crippen LogP contribution is -2.49. The van der Waals surface area contributed by atoms with E-state index in [-0.39, 0.29) is 10.8 Å². The Morgan fingerprint density at radius 2 is 1.95 bits per heavy atom. The second kappa shape index (κ2) is 4.12. The standard InChI is InChI=1S/C19H24O2/c1-18-9-7-12-11-13(20)3-4-14(12)15(18)8-10-19(2)16(18)5-6-17(19)21/h3-4,11,15-16,20H,5-10H2,1-2H3/t15-,16+,18-,19+/m1/s1. The molecule has 0 saturated heterocycles.